The first-order chi connectivity index (χ1) is 14.5. The molecule has 3 aromatic rings. The Morgan fingerprint density at radius 1 is 1.17 bits per heavy atom. The van der Waals surface area contributed by atoms with E-state index in [1.54, 1.807) is 6.20 Å². The summed E-state index contributed by atoms with van der Waals surface area (Å²) in [5.41, 5.74) is 6.29. The Morgan fingerprint density at radius 2 is 2.00 bits per heavy atom. The summed E-state index contributed by atoms with van der Waals surface area (Å²) in [6.07, 6.45) is 6.00. The van der Waals surface area contributed by atoms with E-state index in [1.165, 1.54) is 12.0 Å². The van der Waals surface area contributed by atoms with E-state index in [4.69, 9.17) is 0 Å². The molecule has 1 amide bonds. The molecule has 1 unspecified atom stereocenters. The van der Waals surface area contributed by atoms with Crippen molar-refractivity contribution in [3.8, 4) is 0 Å². The number of rotatable bonds is 4. The molecule has 0 radical (unpaired) electrons. The quantitative estimate of drug-likeness (QED) is 0.608. The molecule has 4 rings (SSSR count). The predicted octanol–water partition coefficient (Wildman–Crippen LogP) is 5.70. The molecule has 2 aromatic heterocycles. The molecule has 5 heteroatoms. The number of nitrogens with one attached hydrogen (secondary N) is 1. The van der Waals surface area contributed by atoms with Crippen molar-refractivity contribution in [3.63, 3.8) is 0 Å². The molecule has 1 aromatic carbocycles. The SMILES string of the molecule is CCC1CCCCN1C(=O)c1cnc2nc(C)ccc2c1Nc1cc(C)ccc1C. The molecule has 3 heterocycles. The van der Waals surface area contributed by atoms with E-state index < -0.39 is 0 Å². The van der Waals surface area contributed by atoms with Gasteiger partial charge in [0.2, 0.25) is 0 Å². The molecule has 1 atom stereocenters. The van der Waals surface area contributed by atoms with E-state index in [9.17, 15) is 4.79 Å². The summed E-state index contributed by atoms with van der Waals surface area (Å²) >= 11 is 0. The van der Waals surface area contributed by atoms with Crippen LogP contribution >= 0.6 is 0 Å². The van der Waals surface area contributed by atoms with Crippen LogP contribution in [0.3, 0.4) is 0 Å². The third-order valence-corrected chi connectivity index (χ3v) is 6.11. The number of benzene rings is 1. The number of anilines is 2. The highest BCUT2D eigenvalue weighted by atomic mass is 16.2. The van der Waals surface area contributed by atoms with Gasteiger partial charge in [0.1, 0.15) is 0 Å². The highest BCUT2D eigenvalue weighted by Crippen LogP contribution is 2.32. The maximum Gasteiger partial charge on any atom is 0.257 e. The molecule has 5 nitrogen and oxygen atoms in total. The number of hydrogen-bond donors (Lipinski definition) is 1. The molecule has 1 aliphatic rings. The summed E-state index contributed by atoms with van der Waals surface area (Å²) in [6, 6.07) is 10.6. The molecule has 30 heavy (non-hydrogen) atoms. The van der Waals surface area contributed by atoms with E-state index in [-0.39, 0.29) is 5.91 Å². The van der Waals surface area contributed by atoms with Crippen LogP contribution in [0.1, 0.15) is 59.8 Å². The molecule has 0 spiro atoms. The maximum atomic E-state index is 13.7. The summed E-state index contributed by atoms with van der Waals surface area (Å²) in [5, 5.41) is 4.44. The third kappa shape index (κ3) is 3.89. The van der Waals surface area contributed by atoms with Gasteiger partial charge in [0, 0.05) is 35.6 Å². The van der Waals surface area contributed by atoms with Crippen LogP contribution in [0.4, 0.5) is 11.4 Å². The molecule has 0 bridgehead atoms. The first-order valence-corrected chi connectivity index (χ1v) is 10.9. The van der Waals surface area contributed by atoms with Crippen LogP contribution in [-0.2, 0) is 0 Å². The highest BCUT2D eigenvalue weighted by Gasteiger charge is 2.29. The summed E-state index contributed by atoms with van der Waals surface area (Å²) in [5.74, 6) is 0.0596. The zero-order valence-electron chi connectivity index (χ0n) is 18.3. The molecular weight excluding hydrogens is 372 g/mol. The van der Waals surface area contributed by atoms with Crippen molar-refractivity contribution in [1.82, 2.24) is 14.9 Å². The largest absolute Gasteiger partial charge is 0.354 e. The lowest BCUT2D eigenvalue weighted by molar-refractivity contribution is 0.0609. The van der Waals surface area contributed by atoms with Crippen molar-refractivity contribution in [2.75, 3.05) is 11.9 Å². The molecular formula is C25H30N4O. The van der Waals surface area contributed by atoms with Crippen molar-refractivity contribution >= 4 is 28.3 Å². The number of aryl methyl sites for hydroxylation is 3. The van der Waals surface area contributed by atoms with Crippen molar-refractivity contribution in [2.45, 2.75) is 59.4 Å². The summed E-state index contributed by atoms with van der Waals surface area (Å²) in [7, 11) is 0. The maximum absolute atomic E-state index is 13.7. The van der Waals surface area contributed by atoms with Crippen LogP contribution < -0.4 is 5.32 Å². The fourth-order valence-electron chi connectivity index (χ4n) is 4.32. The highest BCUT2D eigenvalue weighted by molar-refractivity contribution is 6.07. The minimum absolute atomic E-state index is 0.0596. The van der Waals surface area contributed by atoms with E-state index in [0.717, 1.165) is 53.8 Å². The Balaban J connectivity index is 1.84. The van der Waals surface area contributed by atoms with Gasteiger partial charge < -0.3 is 10.2 Å². The van der Waals surface area contributed by atoms with Gasteiger partial charge in [-0.25, -0.2) is 9.97 Å². The Hall–Kier alpha value is -2.95. The van der Waals surface area contributed by atoms with Crippen molar-refractivity contribution in [3.05, 3.63) is 58.9 Å². The lowest BCUT2D eigenvalue weighted by atomic mass is 9.98. The summed E-state index contributed by atoms with van der Waals surface area (Å²) in [4.78, 5) is 24.9. The molecule has 1 fully saturated rings. The number of aromatic nitrogens is 2. The number of likely N-dealkylation sites (tertiary alicyclic amines) is 1. The van der Waals surface area contributed by atoms with Gasteiger partial charge in [0.15, 0.2) is 5.65 Å². The number of nitrogens with zero attached hydrogens (tertiary/aromatic N) is 3. The van der Waals surface area contributed by atoms with Gasteiger partial charge in [-0.3, -0.25) is 4.79 Å². The van der Waals surface area contributed by atoms with E-state index in [1.807, 2.05) is 24.0 Å². The topological polar surface area (TPSA) is 58.1 Å². The standard InChI is InChI=1S/C25H30N4O/c1-5-19-8-6-7-13-29(19)25(30)21-15-26-24-20(12-11-18(4)27-24)23(21)28-22-14-16(2)9-10-17(22)3/h9-12,14-15,19H,5-8,13H2,1-4H3,(H,26,27,28). The molecule has 156 valence electrons. The lowest BCUT2D eigenvalue weighted by Crippen LogP contribution is -2.43. The molecule has 1 saturated heterocycles. The molecule has 1 aliphatic heterocycles. The van der Waals surface area contributed by atoms with Crippen LogP contribution in [0, 0.1) is 20.8 Å². The van der Waals surface area contributed by atoms with E-state index >= 15 is 0 Å². The van der Waals surface area contributed by atoms with Crippen molar-refractivity contribution in [1.29, 1.82) is 0 Å². The van der Waals surface area contributed by atoms with Crippen LogP contribution in [0.15, 0.2) is 36.5 Å². The number of hydrogen-bond acceptors (Lipinski definition) is 4. The number of fused-ring (bicyclic) bond motifs is 1. The molecule has 0 saturated carbocycles. The van der Waals surface area contributed by atoms with Gasteiger partial charge in [0.25, 0.3) is 5.91 Å². The van der Waals surface area contributed by atoms with E-state index in [2.05, 4.69) is 54.3 Å². The predicted molar refractivity (Wildman–Crippen MR) is 122 cm³/mol. The number of carbonyl (C=O) groups excluding carboxylic acids is 1. The number of piperidine rings is 1. The van der Waals surface area contributed by atoms with Crippen LogP contribution in [0.25, 0.3) is 11.0 Å². The molecule has 1 N–H and O–H groups in total. The fraction of sp³-hybridized carbons (Fsp3) is 0.400. The zero-order chi connectivity index (χ0) is 21.3. The van der Waals surface area contributed by atoms with Crippen molar-refractivity contribution < 1.29 is 4.79 Å². The number of carbonyl (C=O) groups is 1. The Morgan fingerprint density at radius 3 is 2.80 bits per heavy atom. The van der Waals surface area contributed by atoms with Gasteiger partial charge in [-0.15, -0.1) is 0 Å². The Bertz CT molecular complexity index is 1090. The lowest BCUT2D eigenvalue weighted by Gasteiger charge is -2.35. The second-order valence-corrected chi connectivity index (χ2v) is 8.37. The second-order valence-electron chi connectivity index (χ2n) is 8.37. The van der Waals surface area contributed by atoms with Crippen LogP contribution in [-0.4, -0.2) is 33.4 Å². The summed E-state index contributed by atoms with van der Waals surface area (Å²) < 4.78 is 0. The van der Waals surface area contributed by atoms with Crippen LogP contribution in [0.2, 0.25) is 0 Å². The Labute approximate surface area is 178 Å². The first kappa shape index (κ1) is 20.3. The van der Waals surface area contributed by atoms with Crippen molar-refractivity contribution in [2.24, 2.45) is 0 Å². The van der Waals surface area contributed by atoms with E-state index in [0.29, 0.717) is 17.3 Å². The zero-order valence-corrected chi connectivity index (χ0v) is 18.3. The Kier molecular flexibility index (Phi) is 5.71. The molecule has 0 aliphatic carbocycles. The second kappa shape index (κ2) is 8.42. The first-order valence-electron chi connectivity index (χ1n) is 10.9. The smallest absolute Gasteiger partial charge is 0.257 e. The van der Waals surface area contributed by atoms with Gasteiger partial charge in [-0.05, 0) is 75.8 Å². The minimum Gasteiger partial charge on any atom is -0.354 e. The van der Waals surface area contributed by atoms with Gasteiger partial charge >= 0.3 is 0 Å². The van der Waals surface area contributed by atoms with Crippen LogP contribution in [0.5, 0.6) is 0 Å². The number of amides is 1. The average Bonchev–Trinajstić information content (AvgIpc) is 2.75. The fourth-order valence-corrected chi connectivity index (χ4v) is 4.32. The van der Waals surface area contributed by atoms with Gasteiger partial charge in [-0.2, -0.15) is 0 Å². The van der Waals surface area contributed by atoms with Gasteiger partial charge in [0.05, 0.1) is 11.3 Å². The monoisotopic (exact) mass is 402 g/mol. The summed E-state index contributed by atoms with van der Waals surface area (Å²) in [6.45, 7) is 9.08. The third-order valence-electron chi connectivity index (χ3n) is 6.11. The normalized spacial score (nSPS) is 16.7. The number of pyridine rings is 2. The average molecular weight is 403 g/mol. The van der Waals surface area contributed by atoms with Gasteiger partial charge in [-0.1, -0.05) is 19.1 Å². The minimum atomic E-state index is 0.0596.